The van der Waals surface area contributed by atoms with Gasteiger partial charge in [-0.25, -0.2) is 4.18 Å². The minimum Gasteiger partial charge on any atom is -0.393 e. The van der Waals surface area contributed by atoms with Crippen molar-refractivity contribution in [1.82, 2.24) is 0 Å². The summed E-state index contributed by atoms with van der Waals surface area (Å²) in [5.74, 6) is 1.84. The van der Waals surface area contributed by atoms with Crippen LogP contribution in [-0.2, 0) is 14.6 Å². The van der Waals surface area contributed by atoms with Crippen molar-refractivity contribution in [3.63, 3.8) is 0 Å². The molecule has 0 heterocycles. The van der Waals surface area contributed by atoms with Crippen LogP contribution in [0.15, 0.2) is 11.6 Å². The van der Waals surface area contributed by atoms with E-state index in [9.17, 15) is 13.5 Å². The van der Waals surface area contributed by atoms with Crippen LogP contribution in [0.3, 0.4) is 0 Å². The molecule has 3 unspecified atom stereocenters. The van der Waals surface area contributed by atoms with Crippen LogP contribution in [-0.4, -0.2) is 30.3 Å². The molecule has 4 rings (SSSR count). The molecule has 3 fully saturated rings. The van der Waals surface area contributed by atoms with Crippen LogP contribution in [0.25, 0.3) is 0 Å². The van der Waals surface area contributed by atoms with Crippen molar-refractivity contribution in [2.24, 2.45) is 28.6 Å². The van der Waals surface area contributed by atoms with E-state index in [1.165, 1.54) is 5.57 Å². The smallest absolute Gasteiger partial charge is 0.393 e. The van der Waals surface area contributed by atoms with Gasteiger partial charge >= 0.3 is 10.4 Å². The van der Waals surface area contributed by atoms with Gasteiger partial charge in [0.25, 0.3) is 0 Å². The Kier molecular flexibility index (Phi) is 4.15. The summed E-state index contributed by atoms with van der Waals surface area (Å²) in [4.78, 5) is 0. The highest BCUT2D eigenvalue weighted by molar-refractivity contribution is 7.80. The van der Waals surface area contributed by atoms with Gasteiger partial charge in [0, 0.05) is 0 Å². The van der Waals surface area contributed by atoms with Crippen LogP contribution in [0.5, 0.6) is 0 Å². The zero-order valence-electron chi connectivity index (χ0n) is 15.1. The van der Waals surface area contributed by atoms with Crippen molar-refractivity contribution >= 4 is 10.4 Å². The van der Waals surface area contributed by atoms with Crippen LogP contribution in [0.4, 0.5) is 0 Å². The first-order chi connectivity index (χ1) is 11.6. The average molecular weight is 371 g/mol. The lowest BCUT2D eigenvalue weighted by atomic mass is 9.48. The molecule has 3 saturated carbocycles. The average Bonchev–Trinajstić information content (AvgIpc) is 2.82. The van der Waals surface area contributed by atoms with Crippen LogP contribution < -0.4 is 0 Å². The number of fused-ring (bicyclic) bond motifs is 5. The molecule has 0 spiro atoms. The second-order valence-electron chi connectivity index (χ2n) is 9.29. The maximum atomic E-state index is 11.0. The van der Waals surface area contributed by atoms with E-state index in [0.717, 1.165) is 38.5 Å². The van der Waals surface area contributed by atoms with E-state index in [1.54, 1.807) is 0 Å². The van der Waals surface area contributed by atoms with E-state index in [-0.39, 0.29) is 16.9 Å². The van der Waals surface area contributed by atoms with Crippen molar-refractivity contribution in [3.8, 4) is 0 Å². The summed E-state index contributed by atoms with van der Waals surface area (Å²) in [6, 6.07) is 0. The quantitative estimate of drug-likeness (QED) is 0.574. The molecule has 0 aromatic heterocycles. The zero-order chi connectivity index (χ0) is 18.0. The summed E-state index contributed by atoms with van der Waals surface area (Å²) in [6.45, 7) is 4.62. The fourth-order valence-electron chi connectivity index (χ4n) is 6.85. The predicted octanol–water partition coefficient (Wildman–Crippen LogP) is 3.50. The summed E-state index contributed by atoms with van der Waals surface area (Å²) in [5.41, 5.74) is 1.50. The third kappa shape index (κ3) is 2.80. The van der Waals surface area contributed by atoms with E-state index in [0.29, 0.717) is 30.6 Å². The largest absolute Gasteiger partial charge is 0.397 e. The third-order valence-electron chi connectivity index (χ3n) is 8.27. The van der Waals surface area contributed by atoms with Crippen molar-refractivity contribution < 1.29 is 22.3 Å². The summed E-state index contributed by atoms with van der Waals surface area (Å²) in [5, 5.41) is 10.5. The molecule has 0 amide bonds. The zero-order valence-corrected chi connectivity index (χ0v) is 16.0. The molecule has 5 nitrogen and oxygen atoms in total. The Hall–Kier alpha value is -0.430. The highest BCUT2D eigenvalue weighted by atomic mass is 32.3. The molecular weight excluding hydrogens is 340 g/mol. The third-order valence-corrected chi connectivity index (χ3v) is 8.78. The molecule has 7 atom stereocenters. The van der Waals surface area contributed by atoms with E-state index < -0.39 is 16.5 Å². The van der Waals surface area contributed by atoms with Gasteiger partial charge in [0.05, 0.1) is 12.2 Å². The predicted molar refractivity (Wildman–Crippen MR) is 94.1 cm³/mol. The molecule has 0 aliphatic heterocycles. The van der Waals surface area contributed by atoms with Gasteiger partial charge in [-0.1, -0.05) is 25.5 Å². The first-order valence-corrected chi connectivity index (χ1v) is 11.0. The monoisotopic (exact) mass is 370 g/mol. The molecule has 0 aromatic rings. The highest BCUT2D eigenvalue weighted by Crippen LogP contribution is 2.64. The Morgan fingerprint density at radius 1 is 1.12 bits per heavy atom. The maximum Gasteiger partial charge on any atom is 0.397 e. The molecule has 0 aromatic carbocycles. The first-order valence-electron chi connectivity index (χ1n) is 9.67. The minimum absolute atomic E-state index is 0.0775. The SMILES string of the molecule is C[C@]12CC[C@H](OS(=O)(=O)O)CC1=CCC1C2CC[C@@]2(C)C1CC[C@H]2O. The fraction of sp³-hybridized carbons (Fsp3) is 0.895. The van der Waals surface area contributed by atoms with E-state index in [2.05, 4.69) is 19.9 Å². The Morgan fingerprint density at radius 2 is 1.88 bits per heavy atom. The molecule has 25 heavy (non-hydrogen) atoms. The van der Waals surface area contributed by atoms with Crippen LogP contribution in [0.1, 0.15) is 65.2 Å². The highest BCUT2D eigenvalue weighted by Gasteiger charge is 2.58. The van der Waals surface area contributed by atoms with Crippen LogP contribution in [0.2, 0.25) is 0 Å². The van der Waals surface area contributed by atoms with Gasteiger partial charge in [-0.2, -0.15) is 8.42 Å². The first kappa shape index (κ1) is 18.0. The Labute approximate surface area is 150 Å². The lowest BCUT2D eigenvalue weighted by molar-refractivity contribution is -0.0703. The molecule has 0 saturated heterocycles. The lowest BCUT2D eigenvalue weighted by Gasteiger charge is -2.57. The number of hydrogen-bond acceptors (Lipinski definition) is 4. The normalized spacial score (nSPS) is 49.8. The van der Waals surface area contributed by atoms with Crippen LogP contribution in [0, 0.1) is 28.6 Å². The molecule has 4 aliphatic rings. The number of aliphatic hydroxyl groups excluding tert-OH is 1. The number of hydrogen-bond donors (Lipinski definition) is 2. The Balaban J connectivity index is 1.58. The fourth-order valence-corrected chi connectivity index (χ4v) is 7.36. The molecule has 6 heteroatoms. The van der Waals surface area contributed by atoms with Gasteiger partial charge in [0.15, 0.2) is 0 Å². The molecule has 0 radical (unpaired) electrons. The van der Waals surface area contributed by atoms with Crippen molar-refractivity contribution in [3.05, 3.63) is 11.6 Å². The van der Waals surface area contributed by atoms with E-state index in [1.807, 2.05) is 0 Å². The standard InChI is InChI=1S/C19H30O5S/c1-18-9-7-13(24-25(21,22)23)11-12(18)3-4-14-15-5-6-17(20)19(15,2)10-8-16(14)18/h3,13-17,20H,4-11H2,1-2H3,(H,21,22,23)/t13-,14?,15?,16?,17+,18-,19-/m0/s1. The topological polar surface area (TPSA) is 83.8 Å². The minimum atomic E-state index is -4.39. The molecule has 0 bridgehead atoms. The summed E-state index contributed by atoms with van der Waals surface area (Å²) >= 11 is 0. The van der Waals surface area contributed by atoms with Gasteiger partial charge in [-0.3, -0.25) is 4.55 Å². The summed E-state index contributed by atoms with van der Waals surface area (Å²) in [7, 11) is -4.39. The van der Waals surface area contributed by atoms with E-state index in [4.69, 9.17) is 8.74 Å². The molecular formula is C19H30O5S. The van der Waals surface area contributed by atoms with Crippen molar-refractivity contribution in [2.45, 2.75) is 77.4 Å². The van der Waals surface area contributed by atoms with Gasteiger partial charge < -0.3 is 5.11 Å². The Bertz CT molecular complexity index is 686. The Morgan fingerprint density at radius 3 is 2.60 bits per heavy atom. The number of rotatable bonds is 2. The van der Waals surface area contributed by atoms with Gasteiger partial charge in [-0.05, 0) is 80.0 Å². The number of allylic oxidation sites excluding steroid dienone is 1. The summed E-state index contributed by atoms with van der Waals surface area (Å²) < 4.78 is 35.9. The lowest BCUT2D eigenvalue weighted by Crippen LogP contribution is -2.51. The molecule has 4 aliphatic carbocycles. The number of aliphatic hydroxyl groups is 1. The van der Waals surface area contributed by atoms with Crippen molar-refractivity contribution in [2.75, 3.05) is 0 Å². The van der Waals surface area contributed by atoms with Crippen molar-refractivity contribution in [1.29, 1.82) is 0 Å². The van der Waals surface area contributed by atoms with E-state index >= 15 is 0 Å². The maximum absolute atomic E-state index is 11.0. The second kappa shape index (κ2) is 5.78. The second-order valence-corrected chi connectivity index (χ2v) is 10.3. The molecule has 2 N–H and O–H groups in total. The summed E-state index contributed by atoms with van der Waals surface area (Å²) in [6.07, 6.45) is 9.23. The van der Waals surface area contributed by atoms with Gasteiger partial charge in [0.1, 0.15) is 0 Å². The van der Waals surface area contributed by atoms with Crippen LogP contribution >= 0.6 is 0 Å². The van der Waals surface area contributed by atoms with Gasteiger partial charge in [0.2, 0.25) is 0 Å². The van der Waals surface area contributed by atoms with Gasteiger partial charge in [-0.15, -0.1) is 0 Å². The molecule has 142 valence electrons.